The third kappa shape index (κ3) is 4.79. The Morgan fingerprint density at radius 3 is 1.03 bits per heavy atom. The summed E-state index contributed by atoms with van der Waals surface area (Å²) in [6.45, 7) is 8.61. The molecule has 0 radical (unpaired) electrons. The van der Waals surface area contributed by atoms with E-state index in [1.165, 1.54) is 44.5 Å². The van der Waals surface area contributed by atoms with E-state index in [-0.39, 0.29) is 0 Å². The molecule has 6 heteroatoms. The van der Waals surface area contributed by atoms with Gasteiger partial charge in [-0.1, -0.05) is 109 Å². The van der Waals surface area contributed by atoms with Crippen molar-refractivity contribution in [1.82, 2.24) is 0 Å². The van der Waals surface area contributed by atoms with Gasteiger partial charge in [-0.15, -0.1) is 13.2 Å². The van der Waals surface area contributed by atoms with Crippen molar-refractivity contribution in [3.05, 3.63) is 236 Å². The highest BCUT2D eigenvalue weighted by Crippen LogP contribution is 2.58. The van der Waals surface area contributed by atoms with Gasteiger partial charge >= 0.3 is 0 Å². The van der Waals surface area contributed by atoms with Gasteiger partial charge in [0.1, 0.15) is 0 Å². The van der Waals surface area contributed by atoms with Crippen molar-refractivity contribution in [2.75, 3.05) is 0 Å². The van der Waals surface area contributed by atoms with Crippen LogP contribution in [0.5, 0.6) is 0 Å². The number of halogens is 2. The number of rotatable bonds is 6. The summed E-state index contributed by atoms with van der Waals surface area (Å²) < 4.78 is 1.63. The second kappa shape index (κ2) is 13.2. The summed E-state index contributed by atoms with van der Waals surface area (Å²) in [4.78, 5) is 21.7. The first-order chi connectivity index (χ1) is 28.5. The third-order valence-electron chi connectivity index (χ3n) is 12.4. The predicted octanol–water partition coefficient (Wildman–Crippen LogP) is 12.8. The first kappa shape index (κ1) is 35.1. The predicted molar refractivity (Wildman–Crippen MR) is 247 cm³/mol. The fraction of sp³-hybridized carbons (Fsp3) is 0.0769. The van der Waals surface area contributed by atoms with Crippen molar-refractivity contribution >= 4 is 54.7 Å². The van der Waals surface area contributed by atoms with Gasteiger partial charge in [-0.25, -0.2) is 20.0 Å². The Morgan fingerprint density at radius 2 is 0.690 bits per heavy atom. The zero-order valence-corrected chi connectivity index (χ0v) is 34.6. The summed E-state index contributed by atoms with van der Waals surface area (Å²) in [7, 11) is 0. The fourth-order valence-corrected chi connectivity index (χ4v) is 11.0. The minimum atomic E-state index is -0.592. The lowest BCUT2D eigenvalue weighted by Gasteiger charge is -2.34. The molecule has 4 aromatic carbocycles. The van der Waals surface area contributed by atoms with E-state index in [0.29, 0.717) is 12.8 Å². The van der Waals surface area contributed by atoms with Crippen molar-refractivity contribution in [2.45, 2.75) is 23.7 Å². The Labute approximate surface area is 354 Å². The molecule has 5 aliphatic heterocycles. The molecule has 58 heavy (non-hydrogen) atoms. The van der Waals surface area contributed by atoms with Crippen LogP contribution in [0.25, 0.3) is 22.3 Å². The van der Waals surface area contributed by atoms with Crippen LogP contribution in [0, 0.1) is 0 Å². The summed E-state index contributed by atoms with van der Waals surface area (Å²) in [6.07, 6.45) is 22.2. The van der Waals surface area contributed by atoms with Crippen LogP contribution in [-0.4, -0.2) is 22.8 Å². The highest BCUT2D eigenvalue weighted by molar-refractivity contribution is 9.12. The van der Waals surface area contributed by atoms with Crippen LogP contribution in [0.1, 0.15) is 35.1 Å². The van der Waals surface area contributed by atoms with Crippen LogP contribution in [0.15, 0.2) is 234 Å². The molecule has 4 aromatic rings. The van der Waals surface area contributed by atoms with Gasteiger partial charge in [0, 0.05) is 11.1 Å². The van der Waals surface area contributed by atoms with Crippen molar-refractivity contribution < 1.29 is 0 Å². The SMILES string of the molecule is C=CCC1(C2=C3C=CC(=N3)C(Br)=C3C=CC(=N3)C(C3(CC=C)c4ccccc4-c4ccccc43)=C3C=CC(=N3)C(Br)=C3C=CC2=N3)c2ccccc2-c2ccccc21. The van der Waals surface area contributed by atoms with Gasteiger partial charge < -0.3 is 0 Å². The maximum absolute atomic E-state index is 5.43. The summed E-state index contributed by atoms with van der Waals surface area (Å²) in [5.74, 6) is 0. The molecule has 276 valence electrons. The van der Waals surface area contributed by atoms with Gasteiger partial charge in [-0.2, -0.15) is 0 Å². The first-order valence-electron chi connectivity index (χ1n) is 19.5. The van der Waals surface area contributed by atoms with Gasteiger partial charge in [-0.05, 0) is 138 Å². The Morgan fingerprint density at radius 1 is 0.397 bits per heavy atom. The standard InChI is InChI=1S/C52H34Br2N4/c1-3-29-51(35-17-9-5-13-31(35)32-14-6-10-18-36(32)51)47-39-21-25-43(55-39)49(53)45-27-23-41(57-45)48(42-24-28-46(58-42)50(54)44-26-22-40(47)56-44)52(30-4-2)37-19-11-7-15-33(37)34-16-8-12-20-38(34)52/h3-28H,1-2,29-30H2. The van der Waals surface area contributed by atoms with E-state index >= 15 is 0 Å². The lowest BCUT2D eigenvalue weighted by Crippen LogP contribution is -2.32. The van der Waals surface area contributed by atoms with E-state index in [2.05, 4.69) is 191 Å². The van der Waals surface area contributed by atoms with E-state index in [4.69, 9.17) is 20.0 Å². The maximum atomic E-state index is 5.43. The lowest BCUT2D eigenvalue weighted by atomic mass is 9.67. The molecular formula is C52H34Br2N4. The van der Waals surface area contributed by atoms with E-state index in [1.54, 1.807) is 0 Å². The molecule has 0 saturated carbocycles. The number of benzene rings is 4. The van der Waals surface area contributed by atoms with Crippen LogP contribution >= 0.6 is 31.9 Å². The third-order valence-corrected chi connectivity index (χ3v) is 14.0. The molecule has 8 bridgehead atoms. The number of aliphatic imine (C=N–C) groups is 4. The van der Waals surface area contributed by atoms with Crippen LogP contribution in [0.4, 0.5) is 0 Å². The topological polar surface area (TPSA) is 49.4 Å². The highest BCUT2D eigenvalue weighted by atomic mass is 79.9. The Kier molecular flexibility index (Phi) is 8.01. The molecular weight excluding hydrogens is 840 g/mol. The molecule has 0 spiro atoms. The van der Waals surface area contributed by atoms with Crippen molar-refractivity contribution in [3.63, 3.8) is 0 Å². The molecule has 4 nitrogen and oxygen atoms in total. The highest BCUT2D eigenvalue weighted by Gasteiger charge is 2.50. The maximum Gasteiger partial charge on any atom is 0.0801 e. The van der Waals surface area contributed by atoms with Gasteiger partial charge in [0.25, 0.3) is 0 Å². The molecule has 7 aliphatic rings. The molecule has 0 N–H and O–H groups in total. The minimum Gasteiger partial charge on any atom is -0.247 e. The normalized spacial score (nSPS) is 19.6. The second-order valence-corrected chi connectivity index (χ2v) is 16.8. The van der Waals surface area contributed by atoms with Crippen LogP contribution in [0.2, 0.25) is 0 Å². The minimum absolute atomic E-state index is 0.592. The van der Waals surface area contributed by atoms with Crippen LogP contribution in [0.3, 0.4) is 0 Å². The Bertz CT molecular complexity index is 2710. The first-order valence-corrected chi connectivity index (χ1v) is 21.0. The molecule has 0 fully saturated rings. The second-order valence-electron chi connectivity index (χ2n) is 15.2. The van der Waals surface area contributed by atoms with Crippen LogP contribution < -0.4 is 0 Å². The van der Waals surface area contributed by atoms with Crippen molar-refractivity contribution in [1.29, 1.82) is 0 Å². The average Bonchev–Trinajstić information content (AvgIpc) is 4.13. The van der Waals surface area contributed by atoms with E-state index < -0.39 is 10.8 Å². The molecule has 0 atom stereocenters. The molecule has 0 unspecified atom stereocenters. The number of hydrogen-bond donors (Lipinski definition) is 0. The number of nitrogens with zero attached hydrogens (tertiary/aromatic N) is 4. The van der Waals surface area contributed by atoms with Gasteiger partial charge in [-0.3, -0.25) is 0 Å². The molecule has 0 amide bonds. The monoisotopic (exact) mass is 872 g/mol. The summed E-state index contributed by atoms with van der Waals surface area (Å²) in [6, 6.07) is 34.9. The molecule has 0 saturated heterocycles. The van der Waals surface area contributed by atoms with Crippen molar-refractivity contribution in [2.24, 2.45) is 20.0 Å². The molecule has 11 rings (SSSR count). The van der Waals surface area contributed by atoms with Gasteiger partial charge in [0.05, 0.1) is 65.4 Å². The van der Waals surface area contributed by atoms with E-state index in [1.807, 2.05) is 12.2 Å². The zero-order chi connectivity index (χ0) is 39.2. The fourth-order valence-electron chi connectivity index (χ4n) is 10.2. The lowest BCUT2D eigenvalue weighted by molar-refractivity contribution is 0.648. The van der Waals surface area contributed by atoms with Gasteiger partial charge in [0.15, 0.2) is 0 Å². The molecule has 2 aliphatic carbocycles. The summed E-state index contributed by atoms with van der Waals surface area (Å²) in [5, 5.41) is 0. The molecule has 0 aromatic heterocycles. The number of hydrogen-bond acceptors (Lipinski definition) is 4. The average molecular weight is 875 g/mol. The van der Waals surface area contributed by atoms with Gasteiger partial charge in [0.2, 0.25) is 0 Å². The number of fused-ring (bicyclic) bond motifs is 10. The van der Waals surface area contributed by atoms with Crippen LogP contribution in [-0.2, 0) is 10.8 Å². The summed E-state index contributed by atoms with van der Waals surface area (Å²) in [5.41, 5.74) is 17.2. The number of allylic oxidation sites excluding steroid dienone is 14. The summed E-state index contributed by atoms with van der Waals surface area (Å²) >= 11 is 8.01. The zero-order valence-electron chi connectivity index (χ0n) is 31.4. The smallest absolute Gasteiger partial charge is 0.0801 e. The molecule has 5 heterocycles. The quantitative estimate of drug-likeness (QED) is 0.173. The Balaban J connectivity index is 1.19. The largest absolute Gasteiger partial charge is 0.247 e. The van der Waals surface area contributed by atoms with E-state index in [0.717, 1.165) is 65.7 Å². The Hall–Kier alpha value is -6.08. The van der Waals surface area contributed by atoms with Crippen molar-refractivity contribution in [3.8, 4) is 22.3 Å². The van der Waals surface area contributed by atoms with E-state index in [9.17, 15) is 0 Å².